The van der Waals surface area contributed by atoms with Crippen molar-refractivity contribution in [2.75, 3.05) is 0 Å². The molecule has 0 bridgehead atoms. The molecule has 2 aromatic heterocycles. The molecule has 0 fully saturated rings. The molecule has 2 rings (SSSR count). The van der Waals surface area contributed by atoms with Crippen LogP contribution in [0.5, 0.6) is 0 Å². The Hall–Kier alpha value is -1.76. The van der Waals surface area contributed by atoms with E-state index in [1.807, 2.05) is 27.6 Å². The molecule has 0 aliphatic carbocycles. The van der Waals surface area contributed by atoms with Crippen molar-refractivity contribution < 1.29 is 5.21 Å². The van der Waals surface area contributed by atoms with E-state index in [0.717, 1.165) is 28.8 Å². The SMILES string of the molecule is CCc1nn(CC)c(Cn2cccc2/C(N)=N/O)c1Br. The van der Waals surface area contributed by atoms with Gasteiger partial charge in [-0.1, -0.05) is 12.1 Å². The average molecular weight is 340 g/mol. The topological polar surface area (TPSA) is 81.4 Å². The van der Waals surface area contributed by atoms with Crippen LogP contribution in [0.1, 0.15) is 30.9 Å². The Morgan fingerprint density at radius 1 is 1.50 bits per heavy atom. The van der Waals surface area contributed by atoms with Crippen molar-refractivity contribution in [1.29, 1.82) is 0 Å². The highest BCUT2D eigenvalue weighted by molar-refractivity contribution is 9.10. The van der Waals surface area contributed by atoms with Crippen LogP contribution in [0.15, 0.2) is 28.0 Å². The summed E-state index contributed by atoms with van der Waals surface area (Å²) >= 11 is 3.62. The molecule has 0 aliphatic rings. The van der Waals surface area contributed by atoms with Crippen LogP contribution in [-0.4, -0.2) is 25.4 Å². The van der Waals surface area contributed by atoms with Crippen molar-refractivity contribution in [1.82, 2.24) is 14.3 Å². The molecule has 0 amide bonds. The number of halogens is 1. The quantitative estimate of drug-likeness (QED) is 0.379. The van der Waals surface area contributed by atoms with E-state index in [0.29, 0.717) is 12.2 Å². The number of aromatic nitrogens is 3. The summed E-state index contributed by atoms with van der Waals surface area (Å²) in [6, 6.07) is 3.69. The maximum atomic E-state index is 8.82. The first kappa shape index (κ1) is 14.6. The first-order valence-electron chi connectivity index (χ1n) is 6.49. The number of hydrogen-bond acceptors (Lipinski definition) is 3. The number of amidine groups is 1. The number of nitrogens with zero attached hydrogens (tertiary/aromatic N) is 4. The zero-order valence-corrected chi connectivity index (χ0v) is 13.1. The molecular formula is C13H18BrN5O. The minimum absolute atomic E-state index is 0.101. The minimum Gasteiger partial charge on any atom is -0.409 e. The summed E-state index contributed by atoms with van der Waals surface area (Å²) in [6.45, 7) is 5.55. The Balaban J connectivity index is 2.40. The zero-order chi connectivity index (χ0) is 14.7. The van der Waals surface area contributed by atoms with Crippen molar-refractivity contribution in [2.45, 2.75) is 33.4 Å². The zero-order valence-electron chi connectivity index (χ0n) is 11.5. The van der Waals surface area contributed by atoms with Gasteiger partial charge >= 0.3 is 0 Å². The van der Waals surface area contributed by atoms with Gasteiger partial charge in [-0.15, -0.1) is 0 Å². The van der Waals surface area contributed by atoms with Gasteiger partial charge in [0.2, 0.25) is 0 Å². The predicted octanol–water partition coefficient (Wildman–Crippen LogP) is 2.17. The summed E-state index contributed by atoms with van der Waals surface area (Å²) in [5.41, 5.74) is 8.48. The summed E-state index contributed by atoms with van der Waals surface area (Å²) in [7, 11) is 0. The summed E-state index contributed by atoms with van der Waals surface area (Å²) in [5.74, 6) is 0.101. The van der Waals surface area contributed by atoms with Crippen molar-refractivity contribution >= 4 is 21.8 Å². The monoisotopic (exact) mass is 339 g/mol. The lowest BCUT2D eigenvalue weighted by Crippen LogP contribution is -2.19. The number of rotatable bonds is 5. The second-order valence-electron chi connectivity index (χ2n) is 4.38. The minimum atomic E-state index is 0.101. The number of nitrogens with two attached hydrogens (primary N) is 1. The van der Waals surface area contributed by atoms with Gasteiger partial charge in [0.15, 0.2) is 5.84 Å². The van der Waals surface area contributed by atoms with Gasteiger partial charge in [0.25, 0.3) is 0 Å². The lowest BCUT2D eigenvalue weighted by atomic mass is 10.3. The van der Waals surface area contributed by atoms with E-state index in [4.69, 9.17) is 10.9 Å². The fourth-order valence-corrected chi connectivity index (χ4v) is 2.86. The summed E-state index contributed by atoms with van der Waals surface area (Å²) in [4.78, 5) is 0. The second-order valence-corrected chi connectivity index (χ2v) is 5.18. The fraction of sp³-hybridized carbons (Fsp3) is 0.385. The molecule has 7 heteroatoms. The summed E-state index contributed by atoms with van der Waals surface area (Å²) in [5, 5.41) is 16.4. The molecule has 0 saturated carbocycles. The summed E-state index contributed by atoms with van der Waals surface area (Å²) in [6.07, 6.45) is 2.78. The van der Waals surface area contributed by atoms with Gasteiger partial charge in [-0.3, -0.25) is 4.68 Å². The molecular weight excluding hydrogens is 322 g/mol. The third-order valence-electron chi connectivity index (χ3n) is 3.21. The molecule has 0 radical (unpaired) electrons. The van der Waals surface area contributed by atoms with E-state index < -0.39 is 0 Å². The highest BCUT2D eigenvalue weighted by atomic mass is 79.9. The normalized spacial score (nSPS) is 12.1. The number of hydrogen-bond donors (Lipinski definition) is 2. The van der Waals surface area contributed by atoms with Crippen LogP contribution in [0.4, 0.5) is 0 Å². The Morgan fingerprint density at radius 2 is 2.25 bits per heavy atom. The van der Waals surface area contributed by atoms with Crippen molar-refractivity contribution in [3.63, 3.8) is 0 Å². The lowest BCUT2D eigenvalue weighted by Gasteiger charge is -2.10. The molecule has 2 aromatic rings. The Kier molecular flexibility index (Phi) is 4.49. The Bertz CT molecular complexity index is 629. The molecule has 0 aliphatic heterocycles. The smallest absolute Gasteiger partial charge is 0.186 e. The molecule has 2 heterocycles. The van der Waals surface area contributed by atoms with Crippen LogP contribution >= 0.6 is 15.9 Å². The van der Waals surface area contributed by atoms with E-state index in [9.17, 15) is 0 Å². The summed E-state index contributed by atoms with van der Waals surface area (Å²) < 4.78 is 4.93. The Labute approximate surface area is 126 Å². The van der Waals surface area contributed by atoms with E-state index in [2.05, 4.69) is 40.0 Å². The van der Waals surface area contributed by atoms with Gasteiger partial charge in [0.1, 0.15) is 0 Å². The maximum Gasteiger partial charge on any atom is 0.186 e. The first-order valence-corrected chi connectivity index (χ1v) is 7.28. The highest BCUT2D eigenvalue weighted by Crippen LogP contribution is 2.23. The van der Waals surface area contributed by atoms with Gasteiger partial charge in [-0.25, -0.2) is 0 Å². The van der Waals surface area contributed by atoms with Crippen LogP contribution in [0.25, 0.3) is 0 Å². The third kappa shape index (κ3) is 2.58. The molecule has 20 heavy (non-hydrogen) atoms. The molecule has 3 N–H and O–H groups in total. The molecule has 108 valence electrons. The van der Waals surface area contributed by atoms with Crippen LogP contribution in [0, 0.1) is 0 Å². The van der Waals surface area contributed by atoms with Crippen LogP contribution < -0.4 is 5.73 Å². The van der Waals surface area contributed by atoms with Crippen LogP contribution in [0.3, 0.4) is 0 Å². The number of aryl methyl sites for hydroxylation is 2. The van der Waals surface area contributed by atoms with Gasteiger partial charge in [0.05, 0.1) is 28.1 Å². The van der Waals surface area contributed by atoms with Crippen molar-refractivity contribution in [2.24, 2.45) is 10.9 Å². The van der Waals surface area contributed by atoms with E-state index in [1.165, 1.54) is 0 Å². The maximum absolute atomic E-state index is 8.82. The third-order valence-corrected chi connectivity index (χ3v) is 4.13. The van der Waals surface area contributed by atoms with E-state index in [-0.39, 0.29) is 5.84 Å². The van der Waals surface area contributed by atoms with Crippen molar-refractivity contribution in [3.8, 4) is 0 Å². The van der Waals surface area contributed by atoms with E-state index >= 15 is 0 Å². The molecule has 0 unspecified atom stereocenters. The predicted molar refractivity (Wildman–Crippen MR) is 81.0 cm³/mol. The average Bonchev–Trinajstić information content (AvgIpc) is 3.04. The van der Waals surface area contributed by atoms with Gasteiger partial charge < -0.3 is 15.5 Å². The molecule has 0 aromatic carbocycles. The van der Waals surface area contributed by atoms with Gasteiger partial charge in [-0.2, -0.15) is 5.10 Å². The molecule has 0 atom stereocenters. The van der Waals surface area contributed by atoms with E-state index in [1.54, 1.807) is 0 Å². The van der Waals surface area contributed by atoms with Gasteiger partial charge in [-0.05, 0) is 41.4 Å². The van der Waals surface area contributed by atoms with Gasteiger partial charge in [0, 0.05) is 12.7 Å². The highest BCUT2D eigenvalue weighted by Gasteiger charge is 2.15. The standard InChI is InChI=1S/C13H18BrN5O/c1-3-9-12(14)11(19(4-2)16-9)8-18-7-5-6-10(18)13(15)17-20/h5-7,20H,3-4,8H2,1-2H3,(H2,15,17). The second kappa shape index (κ2) is 6.13. The van der Waals surface area contributed by atoms with Crippen molar-refractivity contribution in [3.05, 3.63) is 39.9 Å². The largest absolute Gasteiger partial charge is 0.409 e. The fourth-order valence-electron chi connectivity index (χ4n) is 2.17. The van der Waals surface area contributed by atoms with Crippen LogP contribution in [-0.2, 0) is 19.5 Å². The first-order chi connectivity index (χ1) is 9.62. The molecule has 0 spiro atoms. The van der Waals surface area contributed by atoms with Crippen LogP contribution in [0.2, 0.25) is 0 Å². The number of oxime groups is 1. The Morgan fingerprint density at radius 3 is 2.85 bits per heavy atom. The lowest BCUT2D eigenvalue weighted by molar-refractivity contribution is 0.318. The molecule has 0 saturated heterocycles. The molecule has 6 nitrogen and oxygen atoms in total.